The van der Waals surface area contributed by atoms with E-state index in [2.05, 4.69) is 38.2 Å². The van der Waals surface area contributed by atoms with Gasteiger partial charge in [0.05, 0.1) is 18.5 Å². The molecule has 0 radical (unpaired) electrons. The molecule has 0 spiro atoms. The largest absolute Gasteiger partial charge is 0.374 e. The first-order valence-corrected chi connectivity index (χ1v) is 17.3. The number of rotatable bonds is 25. The van der Waals surface area contributed by atoms with Crippen molar-refractivity contribution in [3.05, 3.63) is 24.3 Å². The number of unbranched alkanes of at least 4 members (excludes halogenated alkanes) is 14. The van der Waals surface area contributed by atoms with Crippen LogP contribution in [0.3, 0.4) is 0 Å². The second-order valence-corrected chi connectivity index (χ2v) is 12.7. The summed E-state index contributed by atoms with van der Waals surface area (Å²) in [6.07, 6.45) is 32.3. The van der Waals surface area contributed by atoms with E-state index < -0.39 is 10.0 Å². The topological polar surface area (TPSA) is 55.8 Å². The summed E-state index contributed by atoms with van der Waals surface area (Å²) >= 11 is 0. The van der Waals surface area contributed by atoms with Gasteiger partial charge >= 0.3 is 0 Å². The fourth-order valence-corrected chi connectivity index (χ4v) is 5.58. The summed E-state index contributed by atoms with van der Waals surface area (Å²) in [5.74, 6) is 0. The van der Waals surface area contributed by atoms with E-state index in [4.69, 9.17) is 9.47 Å². The van der Waals surface area contributed by atoms with Crippen molar-refractivity contribution >= 4 is 10.0 Å². The third-order valence-electron chi connectivity index (χ3n) is 7.16. The molecule has 6 heteroatoms. The van der Waals surface area contributed by atoms with E-state index in [9.17, 15) is 8.42 Å². The van der Waals surface area contributed by atoms with Crippen molar-refractivity contribution in [2.75, 3.05) is 32.6 Å². The summed E-state index contributed by atoms with van der Waals surface area (Å²) < 4.78 is 37.8. The van der Waals surface area contributed by atoms with Crippen LogP contribution in [0, 0.1) is 0 Å². The van der Waals surface area contributed by atoms with Gasteiger partial charge in [0.15, 0.2) is 0 Å². The van der Waals surface area contributed by atoms with Gasteiger partial charge in [0, 0.05) is 26.3 Å². The summed E-state index contributed by atoms with van der Waals surface area (Å²) in [5, 5.41) is 0. The molecule has 37 heavy (non-hydrogen) atoms. The Balaban J connectivity index is 2.08. The highest BCUT2D eigenvalue weighted by Gasteiger charge is 2.38. The molecule has 1 rings (SSSR count). The first-order chi connectivity index (χ1) is 18.0. The fraction of sp³-hybridized carbons (Fsp3) is 0.871. The molecule has 0 saturated carbocycles. The minimum absolute atomic E-state index is 0.144. The maximum atomic E-state index is 12.0. The second-order valence-electron chi connectivity index (χ2n) is 10.8. The predicted molar refractivity (Wildman–Crippen MR) is 159 cm³/mol. The molecule has 1 aliphatic heterocycles. The highest BCUT2D eigenvalue weighted by Crippen LogP contribution is 2.21. The zero-order chi connectivity index (χ0) is 27.0. The fourth-order valence-electron chi connectivity index (χ4n) is 4.74. The van der Waals surface area contributed by atoms with Crippen LogP contribution in [0.25, 0.3) is 0 Å². The zero-order valence-corrected chi connectivity index (χ0v) is 25.3. The first-order valence-electron chi connectivity index (χ1n) is 15.5. The van der Waals surface area contributed by atoms with E-state index >= 15 is 0 Å². The van der Waals surface area contributed by atoms with Gasteiger partial charge in [-0.25, -0.2) is 8.42 Å². The van der Waals surface area contributed by atoms with Crippen LogP contribution in [0.4, 0.5) is 0 Å². The van der Waals surface area contributed by atoms with E-state index in [0.717, 1.165) is 19.3 Å². The van der Waals surface area contributed by atoms with Crippen molar-refractivity contribution in [2.45, 2.75) is 142 Å². The van der Waals surface area contributed by atoms with Crippen LogP contribution < -0.4 is 0 Å². The molecule has 0 N–H and O–H groups in total. The Morgan fingerprint density at radius 1 is 0.622 bits per heavy atom. The van der Waals surface area contributed by atoms with Crippen LogP contribution in [0.2, 0.25) is 0 Å². The smallest absolute Gasteiger partial charge is 0.211 e. The standard InChI is InChI=1S/C31H59NO4S/c1-4-6-8-10-12-13-14-15-16-17-18-19-20-21-23-25-27-36-31-29-32(37(3,33)34)28-30(31)35-26-24-22-11-9-7-5-2/h12-13,15-16,30-31H,4-11,14,17-29H2,1-3H3. The number of ether oxygens (including phenoxy) is 2. The lowest BCUT2D eigenvalue weighted by atomic mass is 10.1. The van der Waals surface area contributed by atoms with Gasteiger partial charge < -0.3 is 9.47 Å². The summed E-state index contributed by atoms with van der Waals surface area (Å²) in [6, 6.07) is 0. The Hall–Kier alpha value is -0.690. The average Bonchev–Trinajstić information content (AvgIpc) is 3.29. The Morgan fingerprint density at radius 3 is 1.51 bits per heavy atom. The molecule has 0 aliphatic carbocycles. The lowest BCUT2D eigenvalue weighted by molar-refractivity contribution is -0.0481. The van der Waals surface area contributed by atoms with Gasteiger partial charge in [0.25, 0.3) is 0 Å². The number of sulfonamides is 1. The predicted octanol–water partition coefficient (Wildman–Crippen LogP) is 8.21. The number of hydrogen-bond acceptors (Lipinski definition) is 4. The van der Waals surface area contributed by atoms with Crippen molar-refractivity contribution < 1.29 is 17.9 Å². The van der Waals surface area contributed by atoms with Crippen molar-refractivity contribution in [1.82, 2.24) is 4.31 Å². The summed E-state index contributed by atoms with van der Waals surface area (Å²) in [7, 11) is -3.21. The molecule has 5 nitrogen and oxygen atoms in total. The molecule has 0 bridgehead atoms. The summed E-state index contributed by atoms with van der Waals surface area (Å²) in [5.41, 5.74) is 0. The molecule has 0 aromatic carbocycles. The van der Waals surface area contributed by atoms with Crippen LogP contribution in [-0.2, 0) is 19.5 Å². The van der Waals surface area contributed by atoms with Crippen LogP contribution in [0.5, 0.6) is 0 Å². The van der Waals surface area contributed by atoms with E-state index in [-0.39, 0.29) is 12.2 Å². The first kappa shape index (κ1) is 34.3. The second kappa shape index (κ2) is 23.2. The molecule has 0 amide bonds. The third kappa shape index (κ3) is 19.1. The molecule has 1 heterocycles. The Labute approximate surface area is 230 Å². The van der Waals surface area contributed by atoms with Crippen LogP contribution >= 0.6 is 0 Å². The summed E-state index contributed by atoms with van der Waals surface area (Å²) in [4.78, 5) is 0. The van der Waals surface area contributed by atoms with Gasteiger partial charge in [-0.2, -0.15) is 4.31 Å². The van der Waals surface area contributed by atoms with E-state index in [1.54, 1.807) is 0 Å². The minimum Gasteiger partial charge on any atom is -0.374 e. The molecule has 0 aromatic rings. The van der Waals surface area contributed by atoms with Gasteiger partial charge in [0.2, 0.25) is 10.0 Å². The molecule has 2 atom stereocenters. The molecule has 1 saturated heterocycles. The number of nitrogens with zero attached hydrogens (tertiary/aromatic N) is 1. The van der Waals surface area contributed by atoms with Crippen molar-refractivity contribution in [3.8, 4) is 0 Å². The average molecular weight is 542 g/mol. The van der Waals surface area contributed by atoms with Crippen LogP contribution in [0.1, 0.15) is 129 Å². The number of allylic oxidation sites excluding steroid dienone is 4. The van der Waals surface area contributed by atoms with Gasteiger partial charge in [-0.1, -0.05) is 109 Å². The lowest BCUT2D eigenvalue weighted by Gasteiger charge is -2.19. The maximum Gasteiger partial charge on any atom is 0.211 e. The van der Waals surface area contributed by atoms with Gasteiger partial charge in [-0.15, -0.1) is 0 Å². The Bertz CT molecular complexity index is 677. The highest BCUT2D eigenvalue weighted by molar-refractivity contribution is 7.88. The molecule has 218 valence electrons. The Kier molecular flexibility index (Phi) is 21.5. The quantitative estimate of drug-likeness (QED) is 0.0863. The van der Waals surface area contributed by atoms with Crippen molar-refractivity contribution in [2.24, 2.45) is 0 Å². The lowest BCUT2D eigenvalue weighted by Crippen LogP contribution is -2.30. The van der Waals surface area contributed by atoms with Crippen molar-refractivity contribution in [3.63, 3.8) is 0 Å². The highest BCUT2D eigenvalue weighted by atomic mass is 32.2. The normalized spacial score (nSPS) is 19.1. The molecule has 2 unspecified atom stereocenters. The van der Waals surface area contributed by atoms with Crippen LogP contribution in [-0.4, -0.2) is 57.5 Å². The zero-order valence-electron chi connectivity index (χ0n) is 24.5. The monoisotopic (exact) mass is 541 g/mol. The van der Waals surface area contributed by atoms with Gasteiger partial charge in [-0.05, 0) is 44.9 Å². The minimum atomic E-state index is -3.21. The van der Waals surface area contributed by atoms with Crippen molar-refractivity contribution in [1.29, 1.82) is 0 Å². The maximum absolute atomic E-state index is 12.0. The van der Waals surface area contributed by atoms with Crippen LogP contribution in [0.15, 0.2) is 24.3 Å². The number of hydrogen-bond donors (Lipinski definition) is 0. The third-order valence-corrected chi connectivity index (χ3v) is 8.39. The molecular formula is C31H59NO4S. The summed E-state index contributed by atoms with van der Waals surface area (Å²) in [6.45, 7) is 6.70. The van der Waals surface area contributed by atoms with Gasteiger partial charge in [0.1, 0.15) is 0 Å². The van der Waals surface area contributed by atoms with E-state index in [1.807, 2.05) is 0 Å². The molecule has 1 aliphatic rings. The van der Waals surface area contributed by atoms with E-state index in [1.165, 1.54) is 107 Å². The molecular weight excluding hydrogens is 482 g/mol. The Morgan fingerprint density at radius 2 is 1.03 bits per heavy atom. The van der Waals surface area contributed by atoms with E-state index in [0.29, 0.717) is 26.3 Å². The molecule has 1 fully saturated rings. The SMILES string of the molecule is CCCCCC=CCC=CCCCCCCCCOC1CN(S(C)(=O)=O)CC1OCCCCCCCC. The van der Waals surface area contributed by atoms with Gasteiger partial charge in [-0.3, -0.25) is 0 Å². The molecule has 0 aromatic heterocycles.